The molecule has 3 aliphatic carbocycles. The lowest BCUT2D eigenvalue weighted by atomic mass is 9.44. The van der Waals surface area contributed by atoms with Crippen molar-refractivity contribution in [1.82, 2.24) is 10.2 Å². The van der Waals surface area contributed by atoms with Crippen molar-refractivity contribution in [2.75, 3.05) is 34.9 Å². The lowest BCUT2D eigenvalue weighted by Gasteiger charge is -2.68. The number of fused-ring (bicyclic) bond motifs is 4. The Morgan fingerprint density at radius 3 is 2.09 bits per heavy atom. The van der Waals surface area contributed by atoms with E-state index in [-0.39, 0.29) is 29.7 Å². The van der Waals surface area contributed by atoms with Crippen LogP contribution in [-0.4, -0.2) is 140 Å². The third kappa shape index (κ3) is 7.17. The monoisotopic (exact) mass is 894 g/mol. The molecule has 0 radical (unpaired) electrons. The van der Waals surface area contributed by atoms with Crippen molar-refractivity contribution in [3.63, 3.8) is 0 Å². The molecule has 3 N–H and O–H groups in total. The highest BCUT2D eigenvalue weighted by atomic mass is 16.8. The number of Topliss-reactive ketones (excluding diaryl/α,β-unsaturated/α-hetero) is 1. The van der Waals surface area contributed by atoms with Crippen molar-refractivity contribution < 1.29 is 81.6 Å². The first-order valence-corrected chi connectivity index (χ1v) is 20.7. The van der Waals surface area contributed by atoms with Crippen LogP contribution in [0.1, 0.15) is 64.5 Å². The van der Waals surface area contributed by atoms with Gasteiger partial charge in [-0.15, -0.1) is 0 Å². The van der Waals surface area contributed by atoms with E-state index in [0.717, 1.165) is 14.0 Å². The van der Waals surface area contributed by atoms with Crippen molar-refractivity contribution in [2.24, 2.45) is 16.7 Å². The van der Waals surface area contributed by atoms with E-state index >= 15 is 4.79 Å². The Hall–Kier alpha value is -5.60. The van der Waals surface area contributed by atoms with E-state index < -0.39 is 119 Å². The van der Waals surface area contributed by atoms with Gasteiger partial charge in [0.05, 0.1) is 31.1 Å². The van der Waals surface area contributed by atoms with Crippen LogP contribution in [0.2, 0.25) is 0 Å². The first-order valence-electron chi connectivity index (χ1n) is 20.7. The number of rotatable bonds is 11. The Morgan fingerprint density at radius 1 is 0.922 bits per heavy atom. The number of nitrogens with zero attached hydrogens (tertiary/aromatic N) is 1. The topological polar surface area (TPSA) is 241 Å². The molecule has 2 heterocycles. The number of carbonyl (C=O) groups excluding carboxylic acids is 6. The Balaban J connectivity index is 1.48. The zero-order chi connectivity index (χ0) is 46.7. The van der Waals surface area contributed by atoms with E-state index in [1.807, 2.05) is 0 Å². The van der Waals surface area contributed by atoms with Gasteiger partial charge < -0.3 is 63.1 Å². The van der Waals surface area contributed by atoms with E-state index in [9.17, 15) is 34.2 Å². The molecule has 19 nitrogen and oxygen atoms in total. The van der Waals surface area contributed by atoms with E-state index in [2.05, 4.69) is 5.32 Å². The van der Waals surface area contributed by atoms with Crippen LogP contribution < -0.4 is 5.32 Å². The Labute approximate surface area is 369 Å². The number of aliphatic hydroxyl groups excluding tert-OH is 2. The maximum Gasteiger partial charge on any atom is 0.509 e. The van der Waals surface area contributed by atoms with Crippen molar-refractivity contribution in [3.05, 3.63) is 82.9 Å². The highest BCUT2D eigenvalue weighted by Crippen LogP contribution is 2.67. The number of aliphatic hydroxyl groups is 2. The first kappa shape index (κ1) is 46.4. The van der Waals surface area contributed by atoms with Crippen LogP contribution in [0.5, 0.6) is 0 Å². The molecular weight excluding hydrogens is 840 g/mol. The third-order valence-electron chi connectivity index (χ3n) is 13.7. The first-order chi connectivity index (χ1) is 30.2. The predicted molar refractivity (Wildman–Crippen MR) is 218 cm³/mol. The van der Waals surface area contributed by atoms with E-state index in [0.29, 0.717) is 5.56 Å². The van der Waals surface area contributed by atoms with Gasteiger partial charge in [0.25, 0.3) is 0 Å². The van der Waals surface area contributed by atoms with E-state index in [4.69, 9.17) is 42.6 Å². The van der Waals surface area contributed by atoms with E-state index in [1.165, 1.54) is 40.0 Å². The summed E-state index contributed by atoms with van der Waals surface area (Å²) in [6.45, 7) is 7.14. The number of ketones is 1. The fourth-order valence-corrected chi connectivity index (χ4v) is 10.7. The number of carbonyl (C=O) groups is 6. The number of esters is 2. The zero-order valence-electron chi connectivity index (χ0n) is 36.9. The van der Waals surface area contributed by atoms with Crippen molar-refractivity contribution in [2.45, 2.75) is 107 Å². The summed E-state index contributed by atoms with van der Waals surface area (Å²) in [4.78, 5) is 84.9. The summed E-state index contributed by atoms with van der Waals surface area (Å²) in [5.41, 5.74) is -6.81. The normalized spacial score (nSPS) is 33.6. The molecule has 2 amide bonds. The number of methoxy groups -OCH3 is 2. The van der Waals surface area contributed by atoms with Gasteiger partial charge in [-0.3, -0.25) is 9.59 Å². The Kier molecular flexibility index (Phi) is 12.4. The molecule has 346 valence electrons. The summed E-state index contributed by atoms with van der Waals surface area (Å²) >= 11 is 0. The molecule has 19 heteroatoms. The molecule has 2 aliphatic heterocycles. The number of urea groups is 1. The lowest BCUT2D eigenvalue weighted by Crippen LogP contribution is -2.83. The molecule has 2 aromatic rings. The maximum absolute atomic E-state index is 15.9. The Morgan fingerprint density at radius 2 is 1.55 bits per heavy atom. The van der Waals surface area contributed by atoms with Gasteiger partial charge >= 0.3 is 30.3 Å². The van der Waals surface area contributed by atoms with Crippen LogP contribution in [0.4, 0.5) is 14.4 Å². The van der Waals surface area contributed by atoms with Crippen LogP contribution in [0.25, 0.3) is 0 Å². The number of hydrogen-bond donors (Lipinski definition) is 3. The molecule has 1 unspecified atom stereocenters. The average molecular weight is 895 g/mol. The number of hydrogen-bond acceptors (Lipinski definition) is 17. The van der Waals surface area contributed by atoms with Crippen LogP contribution in [0.3, 0.4) is 0 Å². The second-order valence-electron chi connectivity index (χ2n) is 17.6. The molecule has 2 saturated heterocycles. The van der Waals surface area contributed by atoms with E-state index in [1.54, 1.807) is 74.5 Å². The van der Waals surface area contributed by atoms with Gasteiger partial charge in [-0.05, 0) is 30.6 Å². The van der Waals surface area contributed by atoms with Gasteiger partial charge in [-0.2, -0.15) is 0 Å². The van der Waals surface area contributed by atoms with Gasteiger partial charge in [-0.1, -0.05) is 74.5 Å². The molecule has 1 spiro atoms. The van der Waals surface area contributed by atoms with Crippen molar-refractivity contribution >= 4 is 36.1 Å². The fraction of sp³-hybridized carbons (Fsp3) is 0.556. The summed E-state index contributed by atoms with van der Waals surface area (Å²) in [5, 5.41) is 26.5. The van der Waals surface area contributed by atoms with Crippen LogP contribution in [-0.2, 0) is 57.0 Å². The molecule has 7 rings (SSSR count). The fourth-order valence-electron chi connectivity index (χ4n) is 10.7. The summed E-state index contributed by atoms with van der Waals surface area (Å²) in [7, 11) is 5.31. The molecule has 13 atom stereocenters. The Bertz CT molecular complexity index is 2200. The minimum atomic E-state index is -2.26. The highest BCUT2D eigenvalue weighted by Gasteiger charge is 2.83. The number of ether oxygens (including phenoxy) is 9. The molecule has 2 saturated carbocycles. The molecular formula is C45H54N2O17. The second kappa shape index (κ2) is 17.1. The second-order valence-corrected chi connectivity index (χ2v) is 17.6. The minimum Gasteiger partial charge on any atom is -0.454 e. The summed E-state index contributed by atoms with van der Waals surface area (Å²) in [6.07, 6.45) is -15.7. The molecule has 2 bridgehead atoms. The largest absolute Gasteiger partial charge is 0.509 e. The van der Waals surface area contributed by atoms with Gasteiger partial charge in [0, 0.05) is 45.5 Å². The maximum atomic E-state index is 15.9. The van der Waals surface area contributed by atoms with Gasteiger partial charge in [0.15, 0.2) is 41.6 Å². The van der Waals surface area contributed by atoms with Gasteiger partial charge in [0.2, 0.25) is 0 Å². The smallest absolute Gasteiger partial charge is 0.454 e. The van der Waals surface area contributed by atoms with Crippen LogP contribution >= 0.6 is 0 Å². The average Bonchev–Trinajstić information content (AvgIpc) is 3.63. The number of nitrogens with one attached hydrogen (secondary N) is 1. The molecule has 4 fully saturated rings. The minimum absolute atomic E-state index is 0.134. The quantitative estimate of drug-likeness (QED) is 0.127. The lowest BCUT2D eigenvalue weighted by molar-refractivity contribution is -0.361. The molecule has 2 aromatic carbocycles. The van der Waals surface area contributed by atoms with Crippen LogP contribution in [0, 0.1) is 16.7 Å². The third-order valence-corrected chi connectivity index (χ3v) is 13.7. The number of benzene rings is 2. The molecule has 5 aliphatic rings. The summed E-state index contributed by atoms with van der Waals surface area (Å²) in [6, 6.07) is 14.4. The molecule has 64 heavy (non-hydrogen) atoms. The van der Waals surface area contributed by atoms with Crippen molar-refractivity contribution in [3.8, 4) is 0 Å². The zero-order valence-corrected chi connectivity index (χ0v) is 36.9. The summed E-state index contributed by atoms with van der Waals surface area (Å²) < 4.78 is 54.6. The highest BCUT2D eigenvalue weighted by molar-refractivity contribution is 5.94. The number of amides is 2. The summed E-state index contributed by atoms with van der Waals surface area (Å²) in [5.74, 6) is -4.32. The van der Waals surface area contributed by atoms with Crippen LogP contribution in [0.15, 0.2) is 71.8 Å². The van der Waals surface area contributed by atoms with Gasteiger partial charge in [0.1, 0.15) is 24.4 Å². The van der Waals surface area contributed by atoms with Gasteiger partial charge in [-0.25, -0.2) is 19.2 Å². The predicted octanol–water partition coefficient (Wildman–Crippen LogP) is 3.45. The molecule has 0 aromatic heterocycles. The van der Waals surface area contributed by atoms with Crippen molar-refractivity contribution in [1.29, 1.82) is 0 Å². The standard InChI is InChI=1S/C45H54N2O17/c1-22-28-32(56-8)34(50)43(5)26(59-40(54)57-9)20-27-44(21-58-27,63-23(2)48)33(43)36(61-37(51)25-18-14-11-15-19-25)45(42(28,3)4)35(62-41(55)64-45)31(22)60-38(52)30(49)29(46-39(53)47(6)7)24-16-12-10-13-17-24/h10-19,26-27,29-33,35-37,49,51H,20-21H2,1-9H3,(H,46,53)/t26-,27+,29-,30+,31+,32+,33-,35-,36-,37?,43+,44-,45+/m0/s1. The SMILES string of the molecule is COC(=O)O[C@H]1C[C@H]2OC[C@@]2(OC(C)=O)[C@H]2[C@H](OC(O)c3ccccc3)[C@]34OC(=O)O[C@H]3[C@H](OC(=O)[C@H](O)[C@@H](NC(=O)N(C)C)c3ccccc3)C(C)=C([C@@H](OC)C(=O)[C@]12C)C4(C)C.